The number of unbranched alkanes of at least 4 members (excludes halogenated alkanes) is 2. The third-order valence-electron chi connectivity index (χ3n) is 3.17. The number of rotatable bonds is 9. The lowest BCUT2D eigenvalue weighted by atomic mass is 10.0. The first-order valence-corrected chi connectivity index (χ1v) is 6.97. The predicted molar refractivity (Wildman–Crippen MR) is 75.7 cm³/mol. The monoisotopic (exact) mass is 222 g/mol. The zero-order chi connectivity index (χ0) is 12.2. The summed E-state index contributed by atoms with van der Waals surface area (Å²) < 4.78 is 0. The third kappa shape index (κ3) is 10.0. The number of hydrogen-bond acceptors (Lipinski definition) is 0. The Morgan fingerprint density at radius 1 is 1.19 bits per heavy atom. The number of allylic oxidation sites excluding steroid dienone is 4. The molecule has 0 nitrogen and oxygen atoms in total. The molecular formula is C16H30. The Bertz CT molecular complexity index is 198. The minimum atomic E-state index is 0.867. The van der Waals surface area contributed by atoms with Crippen LogP contribution in [0.2, 0.25) is 0 Å². The van der Waals surface area contributed by atoms with Gasteiger partial charge in [0.2, 0.25) is 0 Å². The Balaban J connectivity index is 3.34. The van der Waals surface area contributed by atoms with Gasteiger partial charge in [-0.05, 0) is 51.9 Å². The molecule has 0 aliphatic carbocycles. The summed E-state index contributed by atoms with van der Waals surface area (Å²) in [6.45, 7) is 8.97. The van der Waals surface area contributed by atoms with Gasteiger partial charge in [0.15, 0.2) is 0 Å². The van der Waals surface area contributed by atoms with Crippen molar-refractivity contribution in [1.29, 1.82) is 0 Å². The van der Waals surface area contributed by atoms with E-state index in [1.54, 1.807) is 0 Å². The minimum absolute atomic E-state index is 0.867. The molecule has 1 atom stereocenters. The van der Waals surface area contributed by atoms with Crippen molar-refractivity contribution in [3.63, 3.8) is 0 Å². The van der Waals surface area contributed by atoms with Gasteiger partial charge in [-0.25, -0.2) is 0 Å². The molecule has 16 heavy (non-hydrogen) atoms. The van der Waals surface area contributed by atoms with Crippen molar-refractivity contribution in [3.8, 4) is 0 Å². The molecule has 0 aliphatic rings. The van der Waals surface area contributed by atoms with Crippen LogP contribution in [0, 0.1) is 5.92 Å². The summed E-state index contributed by atoms with van der Waals surface area (Å²) in [5.74, 6) is 0.867. The first-order valence-electron chi connectivity index (χ1n) is 6.97. The fourth-order valence-corrected chi connectivity index (χ4v) is 1.87. The zero-order valence-corrected chi connectivity index (χ0v) is 11.8. The standard InChI is InChI=1S/C16H30/c1-5-12-16(4)14-11-9-7-8-10-13-15(3)6-2/h6,9,11,16H,5,7-8,10,12-14H2,1-4H3. The molecular weight excluding hydrogens is 192 g/mol. The lowest BCUT2D eigenvalue weighted by Crippen LogP contribution is -1.90. The van der Waals surface area contributed by atoms with E-state index < -0.39 is 0 Å². The van der Waals surface area contributed by atoms with Crippen molar-refractivity contribution in [2.24, 2.45) is 5.92 Å². The van der Waals surface area contributed by atoms with Crippen LogP contribution < -0.4 is 0 Å². The van der Waals surface area contributed by atoms with Crippen LogP contribution in [0.15, 0.2) is 23.8 Å². The summed E-state index contributed by atoms with van der Waals surface area (Å²) in [5, 5.41) is 0. The first-order chi connectivity index (χ1) is 7.70. The largest absolute Gasteiger partial charge is 0.0887 e. The summed E-state index contributed by atoms with van der Waals surface area (Å²) in [6.07, 6.45) is 16.1. The van der Waals surface area contributed by atoms with E-state index in [9.17, 15) is 0 Å². The zero-order valence-electron chi connectivity index (χ0n) is 11.8. The summed E-state index contributed by atoms with van der Waals surface area (Å²) in [6, 6.07) is 0. The van der Waals surface area contributed by atoms with Crippen molar-refractivity contribution in [1.82, 2.24) is 0 Å². The van der Waals surface area contributed by atoms with Gasteiger partial charge >= 0.3 is 0 Å². The van der Waals surface area contributed by atoms with Gasteiger partial charge in [0.1, 0.15) is 0 Å². The molecule has 0 rings (SSSR count). The van der Waals surface area contributed by atoms with Gasteiger partial charge in [-0.15, -0.1) is 0 Å². The lowest BCUT2D eigenvalue weighted by Gasteiger charge is -2.05. The van der Waals surface area contributed by atoms with Gasteiger partial charge in [-0.2, -0.15) is 0 Å². The Labute approximate surface area is 103 Å². The maximum absolute atomic E-state index is 2.38. The van der Waals surface area contributed by atoms with E-state index in [2.05, 4.69) is 45.9 Å². The Morgan fingerprint density at radius 3 is 2.56 bits per heavy atom. The maximum Gasteiger partial charge on any atom is -0.0323 e. The topological polar surface area (TPSA) is 0 Å². The molecule has 0 radical (unpaired) electrons. The molecule has 94 valence electrons. The van der Waals surface area contributed by atoms with Gasteiger partial charge in [0.25, 0.3) is 0 Å². The average molecular weight is 222 g/mol. The van der Waals surface area contributed by atoms with Crippen molar-refractivity contribution >= 4 is 0 Å². The van der Waals surface area contributed by atoms with Crippen LogP contribution in [-0.4, -0.2) is 0 Å². The molecule has 0 aromatic heterocycles. The van der Waals surface area contributed by atoms with Crippen LogP contribution in [0.3, 0.4) is 0 Å². The molecule has 0 aliphatic heterocycles. The van der Waals surface area contributed by atoms with E-state index in [4.69, 9.17) is 0 Å². The summed E-state index contributed by atoms with van der Waals surface area (Å²) >= 11 is 0. The van der Waals surface area contributed by atoms with Crippen LogP contribution >= 0.6 is 0 Å². The molecule has 0 fully saturated rings. The fraction of sp³-hybridized carbons (Fsp3) is 0.750. The maximum atomic E-state index is 2.38. The Morgan fingerprint density at radius 2 is 1.94 bits per heavy atom. The van der Waals surface area contributed by atoms with Crippen LogP contribution in [0.5, 0.6) is 0 Å². The summed E-state index contributed by atoms with van der Waals surface area (Å²) in [7, 11) is 0. The van der Waals surface area contributed by atoms with Gasteiger partial charge in [-0.3, -0.25) is 0 Å². The molecule has 0 amide bonds. The van der Waals surface area contributed by atoms with Gasteiger partial charge < -0.3 is 0 Å². The predicted octanol–water partition coefficient (Wildman–Crippen LogP) is 5.90. The highest BCUT2D eigenvalue weighted by Gasteiger charge is 1.96. The molecule has 1 unspecified atom stereocenters. The third-order valence-corrected chi connectivity index (χ3v) is 3.17. The Kier molecular flexibility index (Phi) is 10.6. The van der Waals surface area contributed by atoms with Gasteiger partial charge in [0, 0.05) is 0 Å². The summed E-state index contributed by atoms with van der Waals surface area (Å²) in [4.78, 5) is 0. The van der Waals surface area contributed by atoms with Crippen LogP contribution in [0.1, 0.15) is 72.6 Å². The van der Waals surface area contributed by atoms with E-state index in [1.807, 2.05) is 0 Å². The molecule has 0 heteroatoms. The van der Waals surface area contributed by atoms with Crippen molar-refractivity contribution in [3.05, 3.63) is 23.8 Å². The van der Waals surface area contributed by atoms with Crippen molar-refractivity contribution in [2.75, 3.05) is 0 Å². The molecule has 0 spiro atoms. The molecule has 0 N–H and O–H groups in total. The Hall–Kier alpha value is -0.520. The second-order valence-electron chi connectivity index (χ2n) is 4.98. The second kappa shape index (κ2) is 11.0. The number of hydrogen-bond donors (Lipinski definition) is 0. The first kappa shape index (κ1) is 15.5. The normalized spacial score (nSPS) is 14.6. The second-order valence-corrected chi connectivity index (χ2v) is 4.98. The molecule has 0 saturated carbocycles. The molecule has 0 bridgehead atoms. The van der Waals surface area contributed by atoms with Gasteiger partial charge in [0.05, 0.1) is 0 Å². The van der Waals surface area contributed by atoms with Crippen molar-refractivity contribution in [2.45, 2.75) is 72.6 Å². The molecule has 0 aromatic carbocycles. The molecule has 0 saturated heterocycles. The molecule has 0 heterocycles. The summed E-state index contributed by atoms with van der Waals surface area (Å²) in [5.41, 5.74) is 1.53. The van der Waals surface area contributed by atoms with Gasteiger partial charge in [-0.1, -0.05) is 50.5 Å². The SMILES string of the molecule is CC=C(C)CCCCC=CCC(C)CCC. The van der Waals surface area contributed by atoms with E-state index >= 15 is 0 Å². The lowest BCUT2D eigenvalue weighted by molar-refractivity contribution is 0.531. The van der Waals surface area contributed by atoms with E-state index in [1.165, 1.54) is 50.5 Å². The fourth-order valence-electron chi connectivity index (χ4n) is 1.87. The van der Waals surface area contributed by atoms with E-state index in [0.29, 0.717) is 0 Å². The highest BCUT2D eigenvalue weighted by molar-refractivity contribution is 4.95. The quantitative estimate of drug-likeness (QED) is 0.337. The highest BCUT2D eigenvalue weighted by atomic mass is 14.0. The molecule has 0 aromatic rings. The highest BCUT2D eigenvalue weighted by Crippen LogP contribution is 2.12. The van der Waals surface area contributed by atoms with Crippen LogP contribution in [0.25, 0.3) is 0 Å². The van der Waals surface area contributed by atoms with E-state index in [0.717, 1.165) is 5.92 Å². The van der Waals surface area contributed by atoms with Crippen LogP contribution in [0.4, 0.5) is 0 Å². The minimum Gasteiger partial charge on any atom is -0.0887 e. The smallest absolute Gasteiger partial charge is 0.0323 e. The van der Waals surface area contributed by atoms with Crippen LogP contribution in [-0.2, 0) is 0 Å². The average Bonchev–Trinajstić information content (AvgIpc) is 2.27. The van der Waals surface area contributed by atoms with E-state index in [-0.39, 0.29) is 0 Å². The van der Waals surface area contributed by atoms with Crippen molar-refractivity contribution < 1.29 is 0 Å².